The highest BCUT2D eigenvalue weighted by atomic mass is 16.5. The lowest BCUT2D eigenvalue weighted by atomic mass is 10.0. The molecule has 0 atom stereocenters. The van der Waals surface area contributed by atoms with Gasteiger partial charge >= 0.3 is 0 Å². The Morgan fingerprint density at radius 3 is 1.95 bits per heavy atom. The molecule has 0 spiro atoms. The number of H-pyrrole nitrogens is 1. The Morgan fingerprint density at radius 1 is 0.955 bits per heavy atom. The molecule has 0 amide bonds. The van der Waals surface area contributed by atoms with Gasteiger partial charge in [0.2, 0.25) is 0 Å². The van der Waals surface area contributed by atoms with Crippen molar-refractivity contribution in [1.82, 2.24) is 15.0 Å². The largest absolute Gasteiger partial charge is 0.497 e. The molecule has 0 aliphatic rings. The first-order valence-corrected chi connectivity index (χ1v) is 6.99. The third-order valence-electron chi connectivity index (χ3n) is 3.71. The summed E-state index contributed by atoms with van der Waals surface area (Å²) in [5.41, 5.74) is 6.25. The van der Waals surface area contributed by atoms with Crippen LogP contribution in [0, 0.1) is 6.92 Å². The maximum atomic E-state index is 5.39. The second kappa shape index (κ2) is 5.85. The quantitative estimate of drug-likeness (QED) is 0.737. The fraction of sp³-hybridized carbons (Fsp3) is 0.111. The van der Waals surface area contributed by atoms with Gasteiger partial charge in [-0.05, 0) is 36.8 Å². The maximum absolute atomic E-state index is 5.39. The van der Waals surface area contributed by atoms with E-state index < -0.39 is 0 Å². The molecule has 4 nitrogen and oxygen atoms in total. The summed E-state index contributed by atoms with van der Waals surface area (Å²) in [7, 11) is 1.64. The Bertz CT molecular complexity index is 792. The molecule has 3 aromatic rings. The Balaban J connectivity index is 2.23. The van der Waals surface area contributed by atoms with Crippen molar-refractivity contribution in [2.75, 3.05) is 7.11 Å². The van der Waals surface area contributed by atoms with E-state index in [-0.39, 0.29) is 0 Å². The van der Waals surface area contributed by atoms with Crippen molar-refractivity contribution in [2.45, 2.75) is 6.92 Å². The Morgan fingerprint density at radius 2 is 1.45 bits per heavy atom. The first kappa shape index (κ1) is 14.1. The lowest BCUT2D eigenvalue weighted by Gasteiger charge is -2.07. The van der Waals surface area contributed by atoms with Gasteiger partial charge in [-0.15, -0.1) is 0 Å². The number of hydrogen-bond donors (Lipinski definition) is 1. The highest BCUT2D eigenvalue weighted by molar-refractivity contribution is 5.84. The van der Waals surface area contributed by atoms with E-state index in [4.69, 9.17) is 4.74 Å². The van der Waals surface area contributed by atoms with Crippen molar-refractivity contribution in [3.8, 4) is 22.5 Å². The number of hydrogen-bond acceptors (Lipinski definition) is 3. The molecule has 0 saturated carbocycles. The van der Waals surface area contributed by atoms with E-state index in [1.54, 1.807) is 31.9 Å². The standard InChI is InChI=1S/C18H17N3O/c1-12-16(13(2)22-3)18(15-6-10-20-11-7-15)21-17(12)14-4-8-19-9-5-14/h4-11,21H,2H2,1,3H3. The SMILES string of the molecule is C=C(OC)c1c(-c2ccncc2)[nH]c(-c2ccncc2)c1C. The van der Waals surface area contributed by atoms with Gasteiger partial charge in [0.1, 0.15) is 5.76 Å². The van der Waals surface area contributed by atoms with Crippen LogP contribution in [0.25, 0.3) is 28.3 Å². The molecule has 0 saturated heterocycles. The molecular formula is C18H17N3O. The van der Waals surface area contributed by atoms with Gasteiger partial charge in [-0.25, -0.2) is 0 Å². The first-order valence-electron chi connectivity index (χ1n) is 6.99. The van der Waals surface area contributed by atoms with E-state index in [2.05, 4.69) is 28.5 Å². The number of aromatic amines is 1. The number of nitrogens with zero attached hydrogens (tertiary/aromatic N) is 2. The fourth-order valence-corrected chi connectivity index (χ4v) is 2.59. The van der Waals surface area contributed by atoms with E-state index in [1.165, 1.54) is 0 Å². The Hall–Kier alpha value is -2.88. The third kappa shape index (κ3) is 2.39. The minimum absolute atomic E-state index is 0.640. The summed E-state index contributed by atoms with van der Waals surface area (Å²) < 4.78 is 5.39. The van der Waals surface area contributed by atoms with Crippen LogP contribution in [0.5, 0.6) is 0 Å². The van der Waals surface area contributed by atoms with Crippen LogP contribution in [0.2, 0.25) is 0 Å². The zero-order chi connectivity index (χ0) is 15.5. The molecular weight excluding hydrogens is 274 g/mol. The van der Waals surface area contributed by atoms with E-state index >= 15 is 0 Å². The number of methoxy groups -OCH3 is 1. The molecule has 0 bridgehead atoms. The number of nitrogens with one attached hydrogen (secondary N) is 1. The Labute approximate surface area is 129 Å². The predicted octanol–water partition coefficient (Wildman–Crippen LogP) is 4.06. The van der Waals surface area contributed by atoms with Crippen molar-refractivity contribution >= 4 is 5.76 Å². The molecule has 1 N–H and O–H groups in total. The third-order valence-corrected chi connectivity index (χ3v) is 3.71. The smallest absolute Gasteiger partial charge is 0.121 e. The minimum atomic E-state index is 0.640. The highest BCUT2D eigenvalue weighted by Gasteiger charge is 2.19. The van der Waals surface area contributed by atoms with E-state index in [0.717, 1.165) is 33.6 Å². The molecule has 0 aliphatic heterocycles. The number of aromatic nitrogens is 3. The van der Waals surface area contributed by atoms with Crippen LogP contribution in [0.3, 0.4) is 0 Å². The zero-order valence-electron chi connectivity index (χ0n) is 12.6. The van der Waals surface area contributed by atoms with Gasteiger partial charge in [0, 0.05) is 47.2 Å². The normalized spacial score (nSPS) is 10.5. The summed E-state index contributed by atoms with van der Waals surface area (Å²) in [5, 5.41) is 0. The summed E-state index contributed by atoms with van der Waals surface area (Å²) in [6, 6.07) is 7.89. The molecule has 3 aromatic heterocycles. The van der Waals surface area contributed by atoms with Crippen LogP contribution in [0.1, 0.15) is 11.1 Å². The van der Waals surface area contributed by atoms with E-state index in [0.29, 0.717) is 5.76 Å². The topological polar surface area (TPSA) is 50.8 Å². The molecule has 0 radical (unpaired) electrons. The molecule has 22 heavy (non-hydrogen) atoms. The average molecular weight is 291 g/mol. The second-order valence-corrected chi connectivity index (χ2v) is 4.97. The summed E-state index contributed by atoms with van der Waals surface area (Å²) in [6.45, 7) is 6.09. The fourth-order valence-electron chi connectivity index (χ4n) is 2.59. The summed E-state index contributed by atoms with van der Waals surface area (Å²) >= 11 is 0. The van der Waals surface area contributed by atoms with Crippen LogP contribution < -0.4 is 0 Å². The minimum Gasteiger partial charge on any atom is -0.497 e. The molecule has 110 valence electrons. The number of rotatable bonds is 4. The summed E-state index contributed by atoms with van der Waals surface area (Å²) in [5.74, 6) is 0.640. The Kier molecular flexibility index (Phi) is 3.74. The predicted molar refractivity (Wildman–Crippen MR) is 88.0 cm³/mol. The van der Waals surface area contributed by atoms with Crippen molar-refractivity contribution < 1.29 is 4.74 Å². The van der Waals surface area contributed by atoms with Crippen LogP contribution in [0.15, 0.2) is 55.6 Å². The number of ether oxygens (including phenoxy) is 1. The van der Waals surface area contributed by atoms with Crippen LogP contribution in [-0.4, -0.2) is 22.1 Å². The van der Waals surface area contributed by atoms with E-state index in [1.807, 2.05) is 24.3 Å². The van der Waals surface area contributed by atoms with Crippen molar-refractivity contribution in [1.29, 1.82) is 0 Å². The molecule has 4 heteroatoms. The van der Waals surface area contributed by atoms with Gasteiger partial charge in [-0.2, -0.15) is 0 Å². The highest BCUT2D eigenvalue weighted by Crippen LogP contribution is 2.36. The van der Waals surface area contributed by atoms with Gasteiger partial charge in [0.05, 0.1) is 12.8 Å². The van der Waals surface area contributed by atoms with Crippen LogP contribution in [0.4, 0.5) is 0 Å². The number of pyridine rings is 2. The molecule has 0 aromatic carbocycles. The van der Waals surface area contributed by atoms with Gasteiger partial charge < -0.3 is 9.72 Å². The lowest BCUT2D eigenvalue weighted by Crippen LogP contribution is -1.90. The summed E-state index contributed by atoms with van der Waals surface area (Å²) in [6.07, 6.45) is 7.12. The van der Waals surface area contributed by atoms with Gasteiger partial charge in [-0.1, -0.05) is 6.58 Å². The van der Waals surface area contributed by atoms with Crippen molar-refractivity contribution in [3.05, 3.63) is 66.8 Å². The maximum Gasteiger partial charge on any atom is 0.121 e. The van der Waals surface area contributed by atoms with Crippen molar-refractivity contribution in [2.24, 2.45) is 0 Å². The van der Waals surface area contributed by atoms with Gasteiger partial charge in [-0.3, -0.25) is 9.97 Å². The molecule has 0 aliphatic carbocycles. The molecule has 3 rings (SSSR count). The first-order chi connectivity index (χ1) is 10.7. The average Bonchev–Trinajstić information content (AvgIpc) is 2.93. The molecule has 3 heterocycles. The lowest BCUT2D eigenvalue weighted by molar-refractivity contribution is 0.371. The van der Waals surface area contributed by atoms with Crippen molar-refractivity contribution in [3.63, 3.8) is 0 Å². The van der Waals surface area contributed by atoms with Crippen LogP contribution in [-0.2, 0) is 4.74 Å². The van der Waals surface area contributed by atoms with Gasteiger partial charge in [0.25, 0.3) is 0 Å². The zero-order valence-corrected chi connectivity index (χ0v) is 12.6. The van der Waals surface area contributed by atoms with E-state index in [9.17, 15) is 0 Å². The second-order valence-electron chi connectivity index (χ2n) is 4.97. The van der Waals surface area contributed by atoms with Crippen LogP contribution >= 0.6 is 0 Å². The van der Waals surface area contributed by atoms with Gasteiger partial charge in [0.15, 0.2) is 0 Å². The molecule has 0 fully saturated rings. The molecule has 0 unspecified atom stereocenters. The monoisotopic (exact) mass is 291 g/mol. The summed E-state index contributed by atoms with van der Waals surface area (Å²) in [4.78, 5) is 11.7.